The van der Waals surface area contributed by atoms with Gasteiger partial charge in [-0.25, -0.2) is 0 Å². The van der Waals surface area contributed by atoms with E-state index in [1.54, 1.807) is 0 Å². The molecule has 1 atom stereocenters. The quantitative estimate of drug-likeness (QED) is 0.772. The summed E-state index contributed by atoms with van der Waals surface area (Å²) in [5.41, 5.74) is 0.463. The minimum atomic E-state index is -0.213. The molecule has 4 fully saturated rings. The molecule has 0 amide bonds. The van der Waals surface area contributed by atoms with Gasteiger partial charge in [0.05, 0.1) is 18.6 Å². The van der Waals surface area contributed by atoms with Gasteiger partial charge in [-0.3, -0.25) is 0 Å². The van der Waals surface area contributed by atoms with E-state index in [0.717, 1.165) is 24.2 Å². The van der Waals surface area contributed by atoms with Crippen molar-refractivity contribution >= 4 is 0 Å². The average Bonchev–Trinajstić information content (AvgIpc) is 2.33. The highest BCUT2D eigenvalue weighted by Crippen LogP contribution is 2.60. The first-order valence-electron chi connectivity index (χ1n) is 7.41. The van der Waals surface area contributed by atoms with E-state index in [9.17, 15) is 0 Å². The summed E-state index contributed by atoms with van der Waals surface area (Å²) in [6.45, 7) is -0.0122. The van der Waals surface area contributed by atoms with Gasteiger partial charge in [0.2, 0.25) is 0 Å². The third kappa shape index (κ3) is 2.21. The van der Waals surface area contributed by atoms with Gasteiger partial charge >= 0.3 is 0 Å². The molecule has 0 aromatic rings. The second kappa shape index (κ2) is 4.70. The average molecular weight is 245 g/mol. The minimum Gasteiger partial charge on any atom is -0.395 e. The summed E-state index contributed by atoms with van der Waals surface area (Å²) in [4.78, 5) is 0. The molecule has 4 aliphatic carbocycles. The molecule has 98 valence electrons. The van der Waals surface area contributed by atoms with Crippen molar-refractivity contribution in [2.45, 2.75) is 44.9 Å². The zero-order chi connectivity index (χ0) is 12.6. The maximum Gasteiger partial charge on any atom is 0.0728 e. The molecule has 2 nitrogen and oxygen atoms in total. The number of nitriles is 1. The predicted octanol–water partition coefficient (Wildman–Crippen LogP) is 3.28. The van der Waals surface area contributed by atoms with Crippen LogP contribution in [0.2, 0.25) is 0 Å². The Hall–Kier alpha value is -0.810. The summed E-state index contributed by atoms with van der Waals surface area (Å²) in [5, 5.41) is 17.9. The van der Waals surface area contributed by atoms with Crippen LogP contribution in [0.25, 0.3) is 0 Å². The number of hydrogen-bond donors (Lipinski definition) is 1. The van der Waals surface area contributed by atoms with Gasteiger partial charge in [0.1, 0.15) is 0 Å². The highest BCUT2D eigenvalue weighted by molar-refractivity contribution is 5.11. The number of aliphatic hydroxyl groups excluding tert-OH is 1. The SMILES string of the molecule is N#CC(CO)C/C=C/C12CC3CC(CC(C3)C1)C2. The zero-order valence-electron chi connectivity index (χ0n) is 11.0. The van der Waals surface area contributed by atoms with Crippen LogP contribution in [0.5, 0.6) is 0 Å². The van der Waals surface area contributed by atoms with Crippen LogP contribution < -0.4 is 0 Å². The maximum atomic E-state index is 9.03. The largest absolute Gasteiger partial charge is 0.395 e. The Kier molecular flexibility index (Phi) is 3.20. The first-order chi connectivity index (χ1) is 8.73. The minimum absolute atomic E-state index is 0.0122. The van der Waals surface area contributed by atoms with Gasteiger partial charge in [0, 0.05) is 0 Å². The molecule has 4 bridgehead atoms. The summed E-state index contributed by atoms with van der Waals surface area (Å²) in [6, 6.07) is 2.16. The number of hydrogen-bond acceptors (Lipinski definition) is 2. The van der Waals surface area contributed by atoms with E-state index >= 15 is 0 Å². The Labute approximate surface area is 110 Å². The van der Waals surface area contributed by atoms with E-state index in [-0.39, 0.29) is 12.5 Å². The molecule has 18 heavy (non-hydrogen) atoms. The lowest BCUT2D eigenvalue weighted by Crippen LogP contribution is -2.44. The van der Waals surface area contributed by atoms with E-state index in [2.05, 4.69) is 18.2 Å². The lowest BCUT2D eigenvalue weighted by molar-refractivity contribution is -0.0239. The molecule has 4 rings (SSSR count). The molecule has 0 aromatic carbocycles. The molecule has 0 heterocycles. The number of rotatable bonds is 4. The first kappa shape index (κ1) is 12.2. The topological polar surface area (TPSA) is 44.0 Å². The fourth-order valence-electron chi connectivity index (χ4n) is 5.03. The fraction of sp³-hybridized carbons (Fsp3) is 0.812. The zero-order valence-corrected chi connectivity index (χ0v) is 11.0. The standard InChI is InChI=1S/C16H23NO/c17-10-12(11-18)2-1-3-16-7-13-4-14(8-16)6-15(5-13)9-16/h1,3,12-15,18H,2,4-9,11H2/b3-1+. The summed E-state index contributed by atoms with van der Waals surface area (Å²) in [7, 11) is 0. The Morgan fingerprint density at radius 2 is 1.72 bits per heavy atom. The van der Waals surface area contributed by atoms with Crippen molar-refractivity contribution in [2.75, 3.05) is 6.61 Å². The van der Waals surface area contributed by atoms with Crippen LogP contribution in [0.15, 0.2) is 12.2 Å². The number of aliphatic hydroxyl groups is 1. The molecular weight excluding hydrogens is 222 g/mol. The number of nitrogens with zero attached hydrogens (tertiary/aromatic N) is 1. The molecule has 0 aromatic heterocycles. The normalized spacial score (nSPS) is 43.2. The third-order valence-electron chi connectivity index (χ3n) is 5.38. The van der Waals surface area contributed by atoms with Gasteiger partial charge < -0.3 is 5.11 Å². The van der Waals surface area contributed by atoms with Crippen LogP contribution in [-0.4, -0.2) is 11.7 Å². The molecule has 1 N–H and O–H groups in total. The Morgan fingerprint density at radius 3 is 2.17 bits per heavy atom. The van der Waals surface area contributed by atoms with Crippen LogP contribution in [0.1, 0.15) is 44.9 Å². The van der Waals surface area contributed by atoms with Crippen molar-refractivity contribution < 1.29 is 5.11 Å². The second-order valence-corrected chi connectivity index (χ2v) is 6.93. The molecule has 4 aliphatic rings. The molecule has 4 saturated carbocycles. The summed E-state index contributed by atoms with van der Waals surface area (Å²) < 4.78 is 0. The van der Waals surface area contributed by atoms with Crippen LogP contribution in [0.3, 0.4) is 0 Å². The van der Waals surface area contributed by atoms with Crippen LogP contribution in [0, 0.1) is 40.4 Å². The maximum absolute atomic E-state index is 9.03. The van der Waals surface area contributed by atoms with Gasteiger partial charge in [-0.05, 0) is 68.1 Å². The Morgan fingerprint density at radius 1 is 1.17 bits per heavy atom. The van der Waals surface area contributed by atoms with Crippen molar-refractivity contribution in [3.63, 3.8) is 0 Å². The highest BCUT2D eigenvalue weighted by Gasteiger charge is 2.49. The smallest absolute Gasteiger partial charge is 0.0728 e. The van der Waals surface area contributed by atoms with Crippen LogP contribution in [0.4, 0.5) is 0 Å². The highest BCUT2D eigenvalue weighted by atomic mass is 16.3. The summed E-state index contributed by atoms with van der Waals surface area (Å²) in [6.07, 6.45) is 13.9. The van der Waals surface area contributed by atoms with E-state index in [1.807, 2.05) is 0 Å². The van der Waals surface area contributed by atoms with Crippen molar-refractivity contribution in [3.05, 3.63) is 12.2 Å². The van der Waals surface area contributed by atoms with E-state index in [4.69, 9.17) is 10.4 Å². The van der Waals surface area contributed by atoms with Gasteiger partial charge in [0.15, 0.2) is 0 Å². The monoisotopic (exact) mass is 245 g/mol. The predicted molar refractivity (Wildman–Crippen MR) is 70.6 cm³/mol. The van der Waals surface area contributed by atoms with E-state index in [0.29, 0.717) is 5.41 Å². The molecular formula is C16H23NO. The van der Waals surface area contributed by atoms with E-state index < -0.39 is 0 Å². The second-order valence-electron chi connectivity index (χ2n) is 6.93. The molecule has 2 heteroatoms. The molecule has 0 saturated heterocycles. The van der Waals surface area contributed by atoms with Gasteiger partial charge in [-0.2, -0.15) is 5.26 Å². The summed E-state index contributed by atoms with van der Waals surface area (Å²) in [5.74, 6) is 2.72. The van der Waals surface area contributed by atoms with Gasteiger partial charge in [-0.15, -0.1) is 0 Å². The van der Waals surface area contributed by atoms with Gasteiger partial charge in [-0.1, -0.05) is 12.2 Å². The molecule has 0 radical (unpaired) electrons. The molecule has 0 spiro atoms. The number of allylic oxidation sites excluding steroid dienone is 2. The summed E-state index contributed by atoms with van der Waals surface area (Å²) >= 11 is 0. The lowest BCUT2D eigenvalue weighted by atomic mass is 9.49. The Bertz CT molecular complexity index is 344. The van der Waals surface area contributed by atoms with E-state index in [1.165, 1.54) is 38.5 Å². The van der Waals surface area contributed by atoms with Crippen molar-refractivity contribution in [2.24, 2.45) is 29.1 Å². The van der Waals surface area contributed by atoms with Crippen molar-refractivity contribution in [1.82, 2.24) is 0 Å². The first-order valence-corrected chi connectivity index (χ1v) is 7.41. The Balaban J connectivity index is 1.65. The van der Waals surface area contributed by atoms with Crippen molar-refractivity contribution in [3.8, 4) is 6.07 Å². The van der Waals surface area contributed by atoms with Crippen molar-refractivity contribution in [1.29, 1.82) is 5.26 Å². The van der Waals surface area contributed by atoms with Crippen LogP contribution in [-0.2, 0) is 0 Å². The van der Waals surface area contributed by atoms with Gasteiger partial charge in [0.25, 0.3) is 0 Å². The fourth-order valence-corrected chi connectivity index (χ4v) is 5.03. The third-order valence-corrected chi connectivity index (χ3v) is 5.38. The lowest BCUT2D eigenvalue weighted by Gasteiger charge is -2.56. The van der Waals surface area contributed by atoms with Crippen LogP contribution >= 0.6 is 0 Å². The molecule has 0 aliphatic heterocycles. The molecule has 1 unspecified atom stereocenters.